The van der Waals surface area contributed by atoms with Gasteiger partial charge >= 0.3 is 0 Å². The van der Waals surface area contributed by atoms with Gasteiger partial charge in [0.2, 0.25) is 5.95 Å². The first-order valence-electron chi connectivity index (χ1n) is 13.8. The van der Waals surface area contributed by atoms with Crippen molar-refractivity contribution in [1.29, 1.82) is 0 Å². The number of anilines is 3. The molecule has 2 saturated heterocycles. The molecule has 38 heavy (non-hydrogen) atoms. The minimum absolute atomic E-state index is 0.320. The van der Waals surface area contributed by atoms with Gasteiger partial charge in [-0.05, 0) is 62.1 Å². The molecule has 3 aliphatic rings. The molecule has 6 rings (SSSR count). The van der Waals surface area contributed by atoms with E-state index in [1.807, 2.05) is 6.20 Å². The lowest BCUT2D eigenvalue weighted by Gasteiger charge is -2.37. The Morgan fingerprint density at radius 3 is 2.37 bits per heavy atom. The second kappa shape index (κ2) is 10.3. The first kappa shape index (κ1) is 24.7. The lowest BCUT2D eigenvalue weighted by molar-refractivity contribution is 0.312. The van der Waals surface area contributed by atoms with Crippen molar-refractivity contribution >= 4 is 23.3 Å². The maximum absolute atomic E-state index is 6.21. The van der Waals surface area contributed by atoms with Crippen LogP contribution in [0.2, 0.25) is 0 Å². The molecule has 2 aromatic heterocycles. The van der Waals surface area contributed by atoms with Crippen molar-refractivity contribution in [1.82, 2.24) is 24.8 Å². The van der Waals surface area contributed by atoms with E-state index in [9.17, 15) is 0 Å². The molecular weight excluding hydrogens is 472 g/mol. The van der Waals surface area contributed by atoms with Crippen LogP contribution in [-0.2, 0) is 13.0 Å². The van der Waals surface area contributed by atoms with Gasteiger partial charge in [-0.3, -0.25) is 4.98 Å². The number of nitrogens with zero attached hydrogens (tertiary/aromatic N) is 7. The van der Waals surface area contributed by atoms with Crippen LogP contribution < -0.4 is 15.5 Å². The molecule has 2 fully saturated rings. The predicted molar refractivity (Wildman–Crippen MR) is 155 cm³/mol. The zero-order chi connectivity index (χ0) is 26.2. The number of likely N-dealkylation sites (N-methyl/N-ethyl adjacent to an activating group) is 1. The van der Waals surface area contributed by atoms with Crippen molar-refractivity contribution in [3.63, 3.8) is 0 Å². The Kier molecular flexibility index (Phi) is 6.66. The van der Waals surface area contributed by atoms with Gasteiger partial charge in [-0.25, -0.2) is 0 Å². The summed E-state index contributed by atoms with van der Waals surface area (Å²) >= 11 is 0. The summed E-state index contributed by atoms with van der Waals surface area (Å²) in [6.45, 7) is 13.5. The summed E-state index contributed by atoms with van der Waals surface area (Å²) in [4.78, 5) is 23.4. The highest BCUT2D eigenvalue weighted by Gasteiger charge is 2.26. The van der Waals surface area contributed by atoms with Crippen molar-refractivity contribution < 1.29 is 0 Å². The van der Waals surface area contributed by atoms with Crippen molar-refractivity contribution in [2.24, 2.45) is 0 Å². The molecule has 0 amide bonds. The number of fused-ring (bicyclic) bond motifs is 1. The monoisotopic (exact) mass is 510 g/mol. The molecular formula is C30H38N8. The number of nitrogens with two attached hydrogens (primary N) is 1. The SMILES string of the molecule is C=C(c1ccc(-c2ccc3c(c2)CN(c2cc(N4CCN(C)CC4)nc(N)n2)C(C)C3)cn1)N1CCCC1. The molecule has 3 aliphatic heterocycles. The fraction of sp³-hybridized carbons (Fsp3) is 0.433. The quantitative estimate of drug-likeness (QED) is 0.554. The zero-order valence-electron chi connectivity index (χ0n) is 22.6. The van der Waals surface area contributed by atoms with Crippen LogP contribution in [0.3, 0.4) is 0 Å². The third-order valence-corrected chi connectivity index (χ3v) is 8.31. The van der Waals surface area contributed by atoms with E-state index in [1.165, 1.54) is 29.5 Å². The van der Waals surface area contributed by atoms with E-state index >= 15 is 0 Å². The topological polar surface area (TPSA) is 77.6 Å². The van der Waals surface area contributed by atoms with Crippen LogP contribution in [0.1, 0.15) is 36.6 Å². The lowest BCUT2D eigenvalue weighted by atomic mass is 9.91. The highest BCUT2D eigenvalue weighted by molar-refractivity contribution is 5.68. The van der Waals surface area contributed by atoms with Gasteiger partial charge in [0.25, 0.3) is 0 Å². The van der Waals surface area contributed by atoms with Crippen LogP contribution in [0.25, 0.3) is 16.8 Å². The number of likely N-dealkylation sites (tertiary alicyclic amines) is 1. The molecule has 0 radical (unpaired) electrons. The molecule has 1 atom stereocenters. The number of benzene rings is 1. The normalized spacial score (nSPS) is 20.1. The van der Waals surface area contributed by atoms with E-state index in [2.05, 4.69) is 86.5 Å². The standard InChI is InChI=1S/C30H38N8/c1-21-16-23-6-7-24(25-8-9-27(32-19-25)22(2)36-10-4-5-11-36)17-26(23)20-38(21)29-18-28(33-30(31)34-29)37-14-12-35(3)13-15-37/h6-9,17-19,21H,2,4-5,10-16,20H2,1,3H3,(H2,31,33,34). The fourth-order valence-electron chi connectivity index (χ4n) is 5.90. The number of pyridine rings is 1. The number of nitrogen functional groups attached to an aromatic ring is 1. The molecule has 8 heteroatoms. The first-order chi connectivity index (χ1) is 18.4. The molecule has 1 aromatic carbocycles. The molecule has 1 unspecified atom stereocenters. The summed E-state index contributed by atoms with van der Waals surface area (Å²) in [5.41, 5.74) is 13.2. The lowest BCUT2D eigenvalue weighted by Crippen LogP contribution is -2.45. The predicted octanol–water partition coefficient (Wildman–Crippen LogP) is 3.89. The average Bonchev–Trinajstić information content (AvgIpc) is 3.47. The number of aromatic nitrogens is 3. The van der Waals surface area contributed by atoms with Crippen molar-refractivity contribution in [2.45, 2.75) is 38.8 Å². The molecule has 5 heterocycles. The molecule has 8 nitrogen and oxygen atoms in total. The van der Waals surface area contributed by atoms with Crippen LogP contribution in [0.5, 0.6) is 0 Å². The van der Waals surface area contributed by atoms with Crippen LogP contribution in [-0.4, -0.2) is 77.1 Å². The van der Waals surface area contributed by atoms with Crippen LogP contribution in [0.4, 0.5) is 17.6 Å². The largest absolute Gasteiger partial charge is 0.370 e. The van der Waals surface area contributed by atoms with Gasteiger partial charge in [0.1, 0.15) is 11.6 Å². The first-order valence-corrected chi connectivity index (χ1v) is 13.8. The molecule has 0 bridgehead atoms. The maximum Gasteiger partial charge on any atom is 0.223 e. The minimum Gasteiger partial charge on any atom is -0.370 e. The Morgan fingerprint density at radius 1 is 0.895 bits per heavy atom. The van der Waals surface area contributed by atoms with Crippen LogP contribution >= 0.6 is 0 Å². The van der Waals surface area contributed by atoms with Gasteiger partial charge in [-0.1, -0.05) is 24.8 Å². The Morgan fingerprint density at radius 2 is 1.63 bits per heavy atom. The van der Waals surface area contributed by atoms with Gasteiger partial charge in [0.15, 0.2) is 0 Å². The number of piperazine rings is 1. The summed E-state index contributed by atoms with van der Waals surface area (Å²) in [6, 6.07) is 13.5. The van der Waals surface area contributed by atoms with Gasteiger partial charge in [-0.2, -0.15) is 9.97 Å². The van der Waals surface area contributed by atoms with Crippen LogP contribution in [0.15, 0.2) is 49.2 Å². The third-order valence-electron chi connectivity index (χ3n) is 8.31. The molecule has 0 spiro atoms. The Hall–Kier alpha value is -3.65. The molecule has 0 aliphatic carbocycles. The van der Waals surface area contributed by atoms with E-state index in [0.717, 1.165) is 80.8 Å². The van der Waals surface area contributed by atoms with Gasteiger partial charge < -0.3 is 25.3 Å². The summed E-state index contributed by atoms with van der Waals surface area (Å²) in [6.07, 6.45) is 5.42. The number of hydrogen-bond acceptors (Lipinski definition) is 8. The van der Waals surface area contributed by atoms with E-state index in [4.69, 9.17) is 10.7 Å². The smallest absolute Gasteiger partial charge is 0.223 e. The molecule has 3 aromatic rings. The van der Waals surface area contributed by atoms with Crippen LogP contribution in [0, 0.1) is 0 Å². The highest BCUT2D eigenvalue weighted by Crippen LogP contribution is 2.33. The van der Waals surface area contributed by atoms with Gasteiger partial charge in [0.05, 0.1) is 11.4 Å². The molecule has 198 valence electrons. The van der Waals surface area contributed by atoms with E-state index < -0.39 is 0 Å². The summed E-state index contributed by atoms with van der Waals surface area (Å²) in [5.74, 6) is 2.17. The third kappa shape index (κ3) is 4.92. The fourth-order valence-corrected chi connectivity index (χ4v) is 5.90. The van der Waals surface area contributed by atoms with E-state index in [1.54, 1.807) is 0 Å². The average molecular weight is 511 g/mol. The summed E-state index contributed by atoms with van der Waals surface area (Å²) in [5, 5.41) is 0. The second-order valence-corrected chi connectivity index (χ2v) is 11.0. The van der Waals surface area contributed by atoms with Crippen molar-refractivity contribution in [3.8, 4) is 11.1 Å². The van der Waals surface area contributed by atoms with Gasteiger partial charge in [-0.15, -0.1) is 0 Å². The maximum atomic E-state index is 6.21. The van der Waals surface area contributed by atoms with Crippen molar-refractivity contribution in [3.05, 3.63) is 66.0 Å². The number of hydrogen-bond donors (Lipinski definition) is 1. The molecule has 0 saturated carbocycles. The van der Waals surface area contributed by atoms with Gasteiger partial charge in [0, 0.05) is 69.7 Å². The number of rotatable bonds is 5. The highest BCUT2D eigenvalue weighted by atomic mass is 15.3. The second-order valence-electron chi connectivity index (χ2n) is 11.0. The van der Waals surface area contributed by atoms with E-state index in [0.29, 0.717) is 12.0 Å². The summed E-state index contributed by atoms with van der Waals surface area (Å²) < 4.78 is 0. The Labute approximate surface area is 225 Å². The van der Waals surface area contributed by atoms with E-state index in [-0.39, 0.29) is 0 Å². The Bertz CT molecular complexity index is 1310. The van der Waals surface area contributed by atoms with Crippen molar-refractivity contribution in [2.75, 3.05) is 61.8 Å². The zero-order valence-corrected chi connectivity index (χ0v) is 22.6. The molecule has 2 N–H and O–H groups in total. The Balaban J connectivity index is 1.23. The summed E-state index contributed by atoms with van der Waals surface area (Å²) in [7, 11) is 2.16. The minimum atomic E-state index is 0.320.